The van der Waals surface area contributed by atoms with E-state index < -0.39 is 30.2 Å². The lowest BCUT2D eigenvalue weighted by atomic mass is 9.74. The number of methoxy groups -OCH3 is 2. The molecule has 4 aliphatic rings. The summed E-state index contributed by atoms with van der Waals surface area (Å²) in [6.07, 6.45) is 6.41. The number of aromatic nitrogens is 1. The van der Waals surface area contributed by atoms with E-state index in [1.807, 2.05) is 37.4 Å². The third-order valence-electron chi connectivity index (χ3n) is 12.5. The molecule has 1 aromatic heterocycles. The van der Waals surface area contributed by atoms with E-state index in [0.29, 0.717) is 60.0 Å². The topological polar surface area (TPSA) is 157 Å². The fourth-order valence-electron chi connectivity index (χ4n) is 9.51. The van der Waals surface area contributed by atoms with Gasteiger partial charge in [-0.2, -0.15) is 0 Å². The molecular weight excluding hydrogens is 716 g/mol. The number of nitrogens with one attached hydrogen (secondary N) is 1. The van der Waals surface area contributed by atoms with Crippen molar-refractivity contribution in [3.63, 3.8) is 0 Å². The Morgan fingerprint density at radius 2 is 1.96 bits per heavy atom. The van der Waals surface area contributed by atoms with Gasteiger partial charge in [-0.15, -0.1) is 0 Å². The summed E-state index contributed by atoms with van der Waals surface area (Å²) in [6, 6.07) is 8.18. The number of carbonyl (C=O) groups excluding carboxylic acids is 3. The second-order valence-electron chi connectivity index (χ2n) is 15.6. The molecule has 3 N–H and O–H groups in total. The molecule has 0 radical (unpaired) electrons. The van der Waals surface area contributed by atoms with E-state index in [4.69, 9.17) is 23.7 Å². The van der Waals surface area contributed by atoms with Gasteiger partial charge < -0.3 is 43.8 Å². The number of carbonyl (C=O) groups is 3. The molecule has 56 heavy (non-hydrogen) atoms. The Hall–Kier alpha value is -4.49. The molecule has 0 bridgehead atoms. The average Bonchev–Trinajstić information content (AvgIpc) is 3.88. The van der Waals surface area contributed by atoms with Crippen LogP contribution in [-0.2, 0) is 36.9 Å². The van der Waals surface area contributed by atoms with Crippen molar-refractivity contribution in [2.24, 2.45) is 5.92 Å². The average molecular weight is 771 g/mol. The van der Waals surface area contributed by atoms with Gasteiger partial charge in [0.15, 0.2) is 6.29 Å². The first-order valence-corrected chi connectivity index (χ1v) is 19.9. The lowest BCUT2D eigenvalue weighted by molar-refractivity contribution is -0.141. The summed E-state index contributed by atoms with van der Waals surface area (Å²) in [5.74, 6) is -0.775. The number of esters is 1. The summed E-state index contributed by atoms with van der Waals surface area (Å²) in [7, 11) is 3.24. The maximum Gasteiger partial charge on any atom is 0.375 e. The van der Waals surface area contributed by atoms with E-state index in [1.165, 1.54) is 7.11 Å². The van der Waals surface area contributed by atoms with Crippen LogP contribution in [0.15, 0.2) is 47.4 Å². The summed E-state index contributed by atoms with van der Waals surface area (Å²) in [5, 5.41) is 24.4. The van der Waals surface area contributed by atoms with Crippen LogP contribution in [0.4, 0.5) is 0 Å². The minimum Gasteiger partial charge on any atom is -0.496 e. The highest BCUT2D eigenvalue weighted by molar-refractivity contribution is 6.11. The Kier molecular flexibility index (Phi) is 11.7. The Bertz CT molecular complexity index is 2060. The highest BCUT2D eigenvalue weighted by Crippen LogP contribution is 2.57. The number of aromatic amines is 1. The lowest BCUT2D eigenvalue weighted by Crippen LogP contribution is -2.54. The number of H-pyrrole nitrogens is 1. The molecule has 4 heterocycles. The number of aliphatic hydroxyl groups is 2. The zero-order valence-corrected chi connectivity index (χ0v) is 33.1. The van der Waals surface area contributed by atoms with Gasteiger partial charge in [-0.05, 0) is 94.0 Å². The van der Waals surface area contributed by atoms with E-state index in [1.54, 1.807) is 14.0 Å². The van der Waals surface area contributed by atoms with Crippen molar-refractivity contribution in [1.29, 1.82) is 0 Å². The predicted octanol–water partition coefficient (Wildman–Crippen LogP) is 5.95. The molecule has 1 saturated heterocycles. The van der Waals surface area contributed by atoms with Gasteiger partial charge in [0.05, 0.1) is 37.0 Å². The molecule has 0 amide bonds. The van der Waals surface area contributed by atoms with E-state index >= 15 is 0 Å². The first-order valence-electron chi connectivity index (χ1n) is 19.9. The number of nitrogens with zero attached hydrogens (tertiary/aromatic N) is 1. The molecule has 3 aromatic rings. The predicted molar refractivity (Wildman–Crippen MR) is 210 cm³/mol. The summed E-state index contributed by atoms with van der Waals surface area (Å²) in [6.45, 7) is 7.70. The summed E-state index contributed by atoms with van der Waals surface area (Å²) in [4.78, 5) is 46.0. The van der Waals surface area contributed by atoms with Gasteiger partial charge in [-0.3, -0.25) is 9.59 Å². The van der Waals surface area contributed by atoms with Gasteiger partial charge >= 0.3 is 5.97 Å². The van der Waals surface area contributed by atoms with E-state index in [2.05, 4.69) is 16.8 Å². The van der Waals surface area contributed by atoms with Crippen LogP contribution in [0, 0.1) is 5.92 Å². The molecular formula is C44H54N2O10. The van der Waals surface area contributed by atoms with Gasteiger partial charge in [-0.25, -0.2) is 4.79 Å². The van der Waals surface area contributed by atoms with Gasteiger partial charge in [0, 0.05) is 67.9 Å². The zero-order chi connectivity index (χ0) is 39.7. The van der Waals surface area contributed by atoms with Crippen LogP contribution >= 0.6 is 0 Å². The normalized spacial score (nSPS) is 24.9. The molecule has 2 aromatic carbocycles. The largest absolute Gasteiger partial charge is 0.496 e. The van der Waals surface area contributed by atoms with Crippen molar-refractivity contribution in [3.8, 4) is 17.2 Å². The second-order valence-corrected chi connectivity index (χ2v) is 15.6. The number of ketones is 1. The number of Topliss-reactive ketones (excluding diaryl/α,β-unsaturated/α-hetero) is 1. The first kappa shape index (κ1) is 39.7. The number of allylic oxidation sites excluding steroid dienone is 3. The maximum absolute atomic E-state index is 13.6. The molecule has 0 unspecified atom stereocenters. The molecule has 1 aliphatic carbocycles. The minimum absolute atomic E-state index is 0.00685. The summed E-state index contributed by atoms with van der Waals surface area (Å²) < 4.78 is 29.8. The Balaban J connectivity index is 1.31. The number of likely N-dealkylation sites (tertiary alicyclic amines) is 1. The molecule has 2 fully saturated rings. The van der Waals surface area contributed by atoms with Crippen molar-refractivity contribution in [3.05, 3.63) is 69.6 Å². The third-order valence-corrected chi connectivity index (χ3v) is 12.5. The summed E-state index contributed by atoms with van der Waals surface area (Å²) in [5.41, 5.74) is 3.10. The fraction of sp³-hybridized carbons (Fsp3) is 0.523. The highest BCUT2D eigenvalue weighted by Gasteiger charge is 2.50. The van der Waals surface area contributed by atoms with Crippen LogP contribution in [0.25, 0.3) is 16.5 Å². The van der Waals surface area contributed by atoms with Crippen LogP contribution in [-0.4, -0.2) is 96.4 Å². The number of benzene rings is 2. The highest BCUT2D eigenvalue weighted by atomic mass is 16.6. The van der Waals surface area contributed by atoms with Crippen LogP contribution in [0.2, 0.25) is 0 Å². The van der Waals surface area contributed by atoms with Gasteiger partial charge in [0.25, 0.3) is 0 Å². The molecule has 300 valence electrons. The van der Waals surface area contributed by atoms with Crippen molar-refractivity contribution in [2.45, 2.75) is 102 Å². The van der Waals surface area contributed by atoms with Crippen LogP contribution < -0.4 is 14.2 Å². The van der Waals surface area contributed by atoms with Gasteiger partial charge in [-0.1, -0.05) is 18.6 Å². The van der Waals surface area contributed by atoms with Crippen molar-refractivity contribution < 1.29 is 48.3 Å². The molecule has 0 spiro atoms. The van der Waals surface area contributed by atoms with Gasteiger partial charge in [0.1, 0.15) is 34.7 Å². The number of piperidine rings is 1. The molecule has 1 saturated carbocycles. The number of rotatable bonds is 13. The standard InChI is InChI=1S/C44H54N2O10/c1-6-29-21-28(14-17-46(29)16-8-18-52-4)44(3,51)36-22-31-39(55-36)33(24-48)41-38(40(31)53-5)37(32(23-47)42(56-41)43(50)54-7-2)27-10-12-35(49)30(20-27)25-9-11-34-26(19-25)13-15-45-34/h9,11,13,15,19,23,28-30,36,45,48,51H,6-8,10,12,14,16-18,20-22,24H2,1-5H3/t28-,29-,30-,36+,44-/m1/s1. The SMILES string of the molecule is CCOC(=O)C1=C(C=O)C(=C2CCC(=O)[C@@H](c3ccc4[nH]ccc4c3)C2)c2c(OC)c3c(c(CO)c2O1)O[C@H]([C@](C)(O)[C@@H]1CCN(CCCOC)[C@H](CC)C1)C3. The number of fused-ring (bicyclic) bond motifs is 3. The number of aldehydes is 1. The Morgan fingerprint density at radius 1 is 1.14 bits per heavy atom. The summed E-state index contributed by atoms with van der Waals surface area (Å²) >= 11 is 0. The lowest BCUT2D eigenvalue weighted by Gasteiger charge is -2.46. The third kappa shape index (κ3) is 7.05. The van der Waals surface area contributed by atoms with E-state index in [9.17, 15) is 24.6 Å². The quantitative estimate of drug-likeness (QED) is 0.107. The van der Waals surface area contributed by atoms with Crippen LogP contribution in [0.1, 0.15) is 93.9 Å². The fourth-order valence-corrected chi connectivity index (χ4v) is 9.51. The first-order chi connectivity index (χ1) is 27.1. The molecule has 12 heteroatoms. The maximum atomic E-state index is 13.6. The Labute approximate surface area is 327 Å². The molecule has 7 rings (SSSR count). The van der Waals surface area contributed by atoms with Crippen LogP contribution in [0.3, 0.4) is 0 Å². The number of hydrogen-bond donors (Lipinski definition) is 3. The molecule has 3 aliphatic heterocycles. The van der Waals surface area contributed by atoms with Gasteiger partial charge in [0.2, 0.25) is 5.76 Å². The second kappa shape index (κ2) is 16.5. The Morgan fingerprint density at radius 3 is 2.68 bits per heavy atom. The number of hydrogen-bond acceptors (Lipinski definition) is 11. The van der Waals surface area contributed by atoms with E-state index in [-0.39, 0.29) is 53.8 Å². The number of ether oxygens (including phenoxy) is 5. The smallest absolute Gasteiger partial charge is 0.375 e. The molecule has 12 nitrogen and oxygen atoms in total. The van der Waals surface area contributed by atoms with E-state index in [0.717, 1.165) is 60.8 Å². The van der Waals surface area contributed by atoms with Crippen LogP contribution in [0.5, 0.6) is 17.2 Å². The van der Waals surface area contributed by atoms with Crippen molar-refractivity contribution in [2.75, 3.05) is 40.5 Å². The molecule has 5 atom stereocenters. The zero-order valence-electron chi connectivity index (χ0n) is 33.1. The monoisotopic (exact) mass is 770 g/mol. The van der Waals surface area contributed by atoms with Crippen molar-refractivity contribution >= 4 is 34.5 Å². The minimum atomic E-state index is -1.24. The van der Waals surface area contributed by atoms with Crippen molar-refractivity contribution in [1.82, 2.24) is 9.88 Å². The number of aliphatic hydroxyl groups excluding tert-OH is 1.